The van der Waals surface area contributed by atoms with Crippen molar-refractivity contribution < 1.29 is 4.79 Å². The summed E-state index contributed by atoms with van der Waals surface area (Å²) in [6, 6.07) is 4.16. The van der Waals surface area contributed by atoms with Crippen molar-refractivity contribution in [2.45, 2.75) is 39.3 Å². The molecule has 1 amide bonds. The van der Waals surface area contributed by atoms with E-state index in [1.54, 1.807) is 0 Å². The van der Waals surface area contributed by atoms with Crippen LogP contribution in [0.2, 0.25) is 0 Å². The van der Waals surface area contributed by atoms with E-state index in [1.165, 1.54) is 0 Å². The van der Waals surface area contributed by atoms with Crippen LogP contribution in [-0.2, 0) is 4.79 Å². The van der Waals surface area contributed by atoms with Crippen molar-refractivity contribution in [3.8, 4) is 0 Å². The van der Waals surface area contributed by atoms with Crippen molar-refractivity contribution in [1.29, 1.82) is 0 Å². The minimum atomic E-state index is 0.00278. The van der Waals surface area contributed by atoms with Gasteiger partial charge in [-0.1, -0.05) is 13.8 Å². The smallest absolute Gasteiger partial charge is 0.232 e. The van der Waals surface area contributed by atoms with Gasteiger partial charge in [0.2, 0.25) is 5.91 Å². The Labute approximate surface area is 107 Å². The molecule has 0 radical (unpaired) electrons. The summed E-state index contributed by atoms with van der Waals surface area (Å²) in [5, 5.41) is 9.69. The molecule has 0 bridgehead atoms. The minimum absolute atomic E-state index is 0.00278. The molecule has 2 atom stereocenters. The highest BCUT2D eigenvalue weighted by molar-refractivity contribution is 6.04. The second-order valence-corrected chi connectivity index (χ2v) is 5.67. The molecule has 3 N–H and O–H groups in total. The first kappa shape index (κ1) is 11.4. The van der Waals surface area contributed by atoms with Crippen LogP contribution in [-0.4, -0.2) is 12.1 Å². The zero-order chi connectivity index (χ0) is 12.9. The monoisotopic (exact) mass is 245 g/mol. The van der Waals surface area contributed by atoms with Crippen LogP contribution in [0.3, 0.4) is 0 Å². The molecule has 0 aromatic heterocycles. The van der Waals surface area contributed by atoms with Crippen molar-refractivity contribution in [2.75, 3.05) is 16.0 Å². The SMILES string of the molecule is CC(C)CC1C(=O)Nc2cc3c(cc21)NC(C)N3. The summed E-state index contributed by atoms with van der Waals surface area (Å²) >= 11 is 0. The fourth-order valence-electron chi connectivity index (χ4n) is 2.82. The second kappa shape index (κ2) is 3.90. The lowest BCUT2D eigenvalue weighted by molar-refractivity contribution is -0.117. The van der Waals surface area contributed by atoms with Gasteiger partial charge in [-0.05, 0) is 37.0 Å². The van der Waals surface area contributed by atoms with E-state index in [-0.39, 0.29) is 18.0 Å². The molecule has 2 heterocycles. The molecule has 3 rings (SSSR count). The summed E-state index contributed by atoms with van der Waals surface area (Å²) in [5.74, 6) is 0.656. The molecule has 0 fully saturated rings. The summed E-state index contributed by atoms with van der Waals surface area (Å²) < 4.78 is 0. The Balaban J connectivity index is 1.98. The predicted octanol–water partition coefficient (Wildman–Crippen LogP) is 2.95. The molecule has 1 aromatic carbocycles. The second-order valence-electron chi connectivity index (χ2n) is 5.67. The average molecular weight is 245 g/mol. The van der Waals surface area contributed by atoms with Gasteiger partial charge < -0.3 is 16.0 Å². The maximum absolute atomic E-state index is 12.0. The third kappa shape index (κ3) is 1.72. The van der Waals surface area contributed by atoms with E-state index in [9.17, 15) is 4.79 Å². The van der Waals surface area contributed by atoms with E-state index in [2.05, 4.69) is 42.8 Å². The summed E-state index contributed by atoms with van der Waals surface area (Å²) in [6.07, 6.45) is 1.16. The average Bonchev–Trinajstić information content (AvgIpc) is 2.75. The van der Waals surface area contributed by atoms with E-state index >= 15 is 0 Å². The van der Waals surface area contributed by atoms with Crippen LogP contribution in [0.5, 0.6) is 0 Å². The third-order valence-corrected chi connectivity index (χ3v) is 3.59. The largest absolute Gasteiger partial charge is 0.364 e. The highest BCUT2D eigenvalue weighted by Crippen LogP contribution is 2.43. The first-order valence-corrected chi connectivity index (χ1v) is 6.56. The van der Waals surface area contributed by atoms with Gasteiger partial charge in [0.1, 0.15) is 0 Å². The molecule has 0 saturated carbocycles. The molecule has 2 aliphatic rings. The van der Waals surface area contributed by atoms with E-state index in [0.29, 0.717) is 5.92 Å². The molecule has 2 unspecified atom stereocenters. The maximum atomic E-state index is 12.0. The lowest BCUT2D eigenvalue weighted by atomic mass is 9.91. The molecule has 0 spiro atoms. The Morgan fingerprint density at radius 3 is 2.50 bits per heavy atom. The number of hydrogen-bond donors (Lipinski definition) is 3. The van der Waals surface area contributed by atoms with Gasteiger partial charge in [-0.3, -0.25) is 4.79 Å². The molecular formula is C14H19N3O. The van der Waals surface area contributed by atoms with Gasteiger partial charge in [-0.25, -0.2) is 0 Å². The number of anilines is 3. The molecule has 96 valence electrons. The number of nitrogens with one attached hydrogen (secondary N) is 3. The molecule has 4 heteroatoms. The molecule has 1 aromatic rings. The first-order valence-electron chi connectivity index (χ1n) is 6.56. The van der Waals surface area contributed by atoms with Crippen LogP contribution in [0, 0.1) is 5.92 Å². The highest BCUT2D eigenvalue weighted by Gasteiger charge is 2.33. The van der Waals surface area contributed by atoms with E-state index < -0.39 is 0 Å². The standard InChI is InChI=1S/C14H19N3O/c1-7(2)4-10-9-5-12-13(16-8(3)15-12)6-11(9)17-14(10)18/h5-8,10,15-16H,4H2,1-3H3,(H,17,18). The third-order valence-electron chi connectivity index (χ3n) is 3.59. The zero-order valence-electron chi connectivity index (χ0n) is 11.0. The number of rotatable bonds is 2. The molecule has 18 heavy (non-hydrogen) atoms. The number of amides is 1. The van der Waals surface area contributed by atoms with Crippen LogP contribution in [0.15, 0.2) is 12.1 Å². The molecule has 4 nitrogen and oxygen atoms in total. The number of carbonyl (C=O) groups is 1. The van der Waals surface area contributed by atoms with Crippen molar-refractivity contribution in [1.82, 2.24) is 0 Å². The number of fused-ring (bicyclic) bond motifs is 2. The lowest BCUT2D eigenvalue weighted by Gasteiger charge is -2.12. The van der Waals surface area contributed by atoms with E-state index in [1.807, 2.05) is 6.07 Å². The fourth-order valence-corrected chi connectivity index (χ4v) is 2.82. The van der Waals surface area contributed by atoms with Gasteiger partial charge in [-0.15, -0.1) is 0 Å². The summed E-state index contributed by atoms with van der Waals surface area (Å²) in [6.45, 7) is 6.39. The van der Waals surface area contributed by atoms with Crippen LogP contribution in [0.25, 0.3) is 0 Å². The Hall–Kier alpha value is -1.71. The summed E-state index contributed by atoms with van der Waals surface area (Å²) in [7, 11) is 0. The summed E-state index contributed by atoms with van der Waals surface area (Å²) in [5.41, 5.74) is 4.28. The van der Waals surface area contributed by atoms with Crippen molar-refractivity contribution in [2.24, 2.45) is 5.92 Å². The molecule has 2 aliphatic heterocycles. The molecule has 0 saturated heterocycles. The van der Waals surface area contributed by atoms with Gasteiger partial charge in [0.25, 0.3) is 0 Å². The summed E-state index contributed by atoms with van der Waals surface area (Å²) in [4.78, 5) is 12.0. The van der Waals surface area contributed by atoms with Crippen molar-refractivity contribution >= 4 is 23.0 Å². The predicted molar refractivity (Wildman–Crippen MR) is 74.0 cm³/mol. The fraction of sp³-hybridized carbons (Fsp3) is 0.500. The highest BCUT2D eigenvalue weighted by atomic mass is 16.2. The Bertz CT molecular complexity index is 510. The number of hydrogen-bond acceptors (Lipinski definition) is 3. The van der Waals surface area contributed by atoms with E-state index in [0.717, 1.165) is 29.0 Å². The van der Waals surface area contributed by atoms with Crippen LogP contribution in [0.4, 0.5) is 17.1 Å². The Kier molecular flexibility index (Phi) is 2.47. The lowest BCUT2D eigenvalue weighted by Crippen LogP contribution is -2.16. The van der Waals surface area contributed by atoms with Gasteiger partial charge in [0, 0.05) is 5.69 Å². The van der Waals surface area contributed by atoms with Crippen LogP contribution < -0.4 is 16.0 Å². The van der Waals surface area contributed by atoms with Gasteiger partial charge in [0.05, 0.1) is 23.5 Å². The quantitative estimate of drug-likeness (QED) is 0.751. The van der Waals surface area contributed by atoms with Gasteiger partial charge in [-0.2, -0.15) is 0 Å². The number of carbonyl (C=O) groups excluding carboxylic acids is 1. The molecular weight excluding hydrogens is 226 g/mol. The van der Waals surface area contributed by atoms with Gasteiger partial charge >= 0.3 is 0 Å². The minimum Gasteiger partial charge on any atom is -0.364 e. The van der Waals surface area contributed by atoms with Crippen molar-refractivity contribution in [3.05, 3.63) is 17.7 Å². The Morgan fingerprint density at radius 1 is 1.17 bits per heavy atom. The zero-order valence-corrected chi connectivity index (χ0v) is 11.0. The van der Waals surface area contributed by atoms with Crippen LogP contribution in [0.1, 0.15) is 38.7 Å². The van der Waals surface area contributed by atoms with Crippen molar-refractivity contribution in [3.63, 3.8) is 0 Å². The Morgan fingerprint density at radius 2 is 1.83 bits per heavy atom. The van der Waals surface area contributed by atoms with Crippen LogP contribution >= 0.6 is 0 Å². The number of benzene rings is 1. The first-order chi connectivity index (χ1) is 8.54. The topological polar surface area (TPSA) is 53.2 Å². The molecule has 0 aliphatic carbocycles. The van der Waals surface area contributed by atoms with E-state index in [4.69, 9.17) is 0 Å². The van der Waals surface area contributed by atoms with Gasteiger partial charge in [0.15, 0.2) is 0 Å². The maximum Gasteiger partial charge on any atom is 0.232 e. The normalized spacial score (nSPS) is 24.3.